The highest BCUT2D eigenvalue weighted by atomic mass is 16.3. The molecule has 1 aromatic carbocycles. The molecule has 11 heteroatoms. The van der Waals surface area contributed by atoms with E-state index < -0.39 is 58.0 Å². The summed E-state index contributed by atoms with van der Waals surface area (Å²) in [5, 5.41) is 45.7. The second-order valence-corrected chi connectivity index (χ2v) is 13.3. The molecule has 1 aromatic rings. The summed E-state index contributed by atoms with van der Waals surface area (Å²) in [7, 11) is 8.83. The van der Waals surface area contributed by atoms with Crippen molar-refractivity contribution in [2.24, 2.45) is 23.0 Å². The Morgan fingerprint density at radius 1 is 1.10 bits per heavy atom. The maximum absolute atomic E-state index is 14.1. The number of rotatable bonds is 6. The Bertz CT molecular complexity index is 1390. The predicted octanol–water partition coefficient (Wildman–Crippen LogP) is 1.66. The first kappa shape index (κ1) is 30.5. The lowest BCUT2D eigenvalue weighted by molar-refractivity contribution is -0.148. The fraction of sp³-hybridized carbons (Fsp3) is 0.567. The minimum atomic E-state index is -2.66. The summed E-state index contributed by atoms with van der Waals surface area (Å²) in [5.74, 6) is -6.51. The van der Waals surface area contributed by atoms with Crippen molar-refractivity contribution < 1.29 is 34.8 Å². The van der Waals surface area contributed by atoms with Crippen LogP contribution in [0.15, 0.2) is 28.7 Å². The number of phenolic OH excluding ortho intramolecular Hbond substituents is 1. The number of hydrogen-bond acceptors (Lipinski definition) is 10. The number of phenols is 1. The van der Waals surface area contributed by atoms with Gasteiger partial charge in [-0.05, 0) is 56.9 Å². The molecule has 0 aromatic heterocycles. The summed E-state index contributed by atoms with van der Waals surface area (Å²) < 4.78 is 0. The van der Waals surface area contributed by atoms with Crippen LogP contribution in [0.2, 0.25) is 0 Å². The summed E-state index contributed by atoms with van der Waals surface area (Å²) in [6.45, 7) is 7.41. The number of primary amides is 1. The Labute approximate surface area is 240 Å². The number of nitrogens with two attached hydrogens (primary N) is 1. The number of carbonyl (C=O) groups is 3. The summed E-state index contributed by atoms with van der Waals surface area (Å²) in [4.78, 5) is 45.3. The molecule has 0 fully saturated rings. The molecule has 0 bridgehead atoms. The van der Waals surface area contributed by atoms with Gasteiger partial charge in [-0.15, -0.1) is 0 Å². The number of amides is 1. The molecule has 3 aliphatic carbocycles. The van der Waals surface area contributed by atoms with Gasteiger partial charge in [0.2, 0.25) is 5.78 Å². The van der Waals surface area contributed by atoms with Gasteiger partial charge in [-0.3, -0.25) is 19.3 Å². The van der Waals surface area contributed by atoms with E-state index in [4.69, 9.17) is 5.73 Å². The third kappa shape index (κ3) is 4.79. The topological polar surface area (TPSA) is 168 Å². The van der Waals surface area contributed by atoms with Crippen molar-refractivity contribution in [2.75, 3.05) is 46.7 Å². The highest BCUT2D eigenvalue weighted by molar-refractivity contribution is 6.24. The van der Waals surface area contributed by atoms with Gasteiger partial charge in [-0.1, -0.05) is 20.8 Å². The lowest BCUT2D eigenvalue weighted by atomic mass is 9.58. The number of benzene rings is 1. The number of hydrogen-bond donors (Lipinski definition) is 5. The molecule has 1 amide bonds. The maximum Gasteiger partial charge on any atom is 0.255 e. The highest BCUT2D eigenvalue weighted by Crippen LogP contribution is 2.53. The van der Waals surface area contributed by atoms with Crippen LogP contribution in [0.1, 0.15) is 48.7 Å². The number of ketones is 2. The molecule has 4 rings (SSSR count). The molecule has 0 heterocycles. The predicted molar refractivity (Wildman–Crippen MR) is 154 cm³/mol. The molecular formula is C30H42N4O7. The van der Waals surface area contributed by atoms with Gasteiger partial charge in [-0.25, -0.2) is 0 Å². The quantitative estimate of drug-likeness (QED) is 0.317. The van der Waals surface area contributed by atoms with Gasteiger partial charge in [0, 0.05) is 49.9 Å². The second-order valence-electron chi connectivity index (χ2n) is 13.3. The van der Waals surface area contributed by atoms with Gasteiger partial charge in [0.15, 0.2) is 11.4 Å². The van der Waals surface area contributed by atoms with E-state index in [0.717, 1.165) is 12.2 Å². The van der Waals surface area contributed by atoms with Gasteiger partial charge in [-0.2, -0.15) is 0 Å². The average Bonchev–Trinajstić information content (AvgIpc) is 2.81. The van der Waals surface area contributed by atoms with Crippen LogP contribution in [-0.4, -0.2) is 101 Å². The first-order chi connectivity index (χ1) is 18.8. The molecule has 41 heavy (non-hydrogen) atoms. The third-order valence-electron chi connectivity index (χ3n) is 8.44. The minimum absolute atomic E-state index is 0.000274. The van der Waals surface area contributed by atoms with Crippen molar-refractivity contribution in [3.63, 3.8) is 0 Å². The van der Waals surface area contributed by atoms with Crippen molar-refractivity contribution in [1.29, 1.82) is 0 Å². The Morgan fingerprint density at radius 2 is 1.71 bits per heavy atom. The lowest BCUT2D eigenvalue weighted by Crippen LogP contribution is -2.63. The number of aromatic hydroxyl groups is 1. The van der Waals surface area contributed by atoms with Crippen LogP contribution in [0.25, 0.3) is 0 Å². The lowest BCUT2D eigenvalue weighted by Gasteiger charge is -2.50. The van der Waals surface area contributed by atoms with E-state index in [1.165, 1.54) is 4.90 Å². The minimum Gasteiger partial charge on any atom is -0.510 e. The molecule has 224 valence electrons. The van der Waals surface area contributed by atoms with Crippen molar-refractivity contribution in [2.45, 2.75) is 51.8 Å². The molecule has 11 nitrogen and oxygen atoms in total. The zero-order valence-electron chi connectivity index (χ0n) is 25.1. The van der Waals surface area contributed by atoms with Crippen LogP contribution in [0.4, 0.5) is 5.69 Å². The van der Waals surface area contributed by atoms with Crippen LogP contribution in [-0.2, 0) is 22.6 Å². The number of Topliss-reactive ketones (excluding diaryl/α,β-unsaturated/α-hetero) is 2. The van der Waals surface area contributed by atoms with E-state index in [1.54, 1.807) is 14.1 Å². The molecule has 6 N–H and O–H groups in total. The van der Waals surface area contributed by atoms with Crippen molar-refractivity contribution >= 4 is 23.2 Å². The largest absolute Gasteiger partial charge is 0.510 e. The fourth-order valence-corrected chi connectivity index (χ4v) is 7.03. The zero-order valence-corrected chi connectivity index (χ0v) is 25.1. The van der Waals surface area contributed by atoms with E-state index in [9.17, 15) is 34.8 Å². The van der Waals surface area contributed by atoms with Crippen molar-refractivity contribution in [3.8, 4) is 5.75 Å². The monoisotopic (exact) mass is 570 g/mol. The molecule has 0 spiro atoms. The molecule has 0 radical (unpaired) electrons. The first-order valence-electron chi connectivity index (χ1n) is 13.7. The Balaban J connectivity index is 1.91. The molecule has 4 atom stereocenters. The molecule has 0 saturated heterocycles. The molecule has 0 aliphatic heterocycles. The van der Waals surface area contributed by atoms with Gasteiger partial charge in [0.05, 0.1) is 11.6 Å². The van der Waals surface area contributed by atoms with Gasteiger partial charge < -0.3 is 36.0 Å². The van der Waals surface area contributed by atoms with E-state index in [2.05, 4.69) is 20.8 Å². The van der Waals surface area contributed by atoms with Crippen LogP contribution in [0.5, 0.6) is 5.75 Å². The normalized spacial score (nSPS) is 26.4. The smallest absolute Gasteiger partial charge is 0.255 e. The van der Waals surface area contributed by atoms with Crippen molar-refractivity contribution in [3.05, 3.63) is 45.4 Å². The van der Waals surface area contributed by atoms with Crippen LogP contribution in [0, 0.1) is 17.3 Å². The standard InChI is InChI=1S/C30H42N4O7/c1-29(2,3)13-34(8)12-15-11-18(32(4)5)16-9-14-10-17-22(33(6)7)25(37)21(28(31)40)27(39)30(17,41)26(38)19(14)24(36)20(16)23(15)35/h11,14,17,22,35,37-38,41H,9-10,12-13H2,1-8H3,(H2,31,40)/t14-,17-,22-,30-/m0/s1. The summed E-state index contributed by atoms with van der Waals surface area (Å²) >= 11 is 0. The molecular weight excluding hydrogens is 528 g/mol. The maximum atomic E-state index is 14.1. The number of carbonyl (C=O) groups excluding carboxylic acids is 3. The number of likely N-dealkylation sites (N-methyl/N-ethyl adjacent to an activating group) is 1. The van der Waals surface area contributed by atoms with Crippen LogP contribution >= 0.6 is 0 Å². The number of aliphatic hydroxyl groups excluding tert-OH is 2. The SMILES string of the molecule is CN(Cc1cc(N(C)C)c2c(c1O)C(=O)C1=C(O)[C@]3(O)C(=O)C(C(N)=O)=C(O)[C@@H](N(C)C)[C@@H]3C[C@@H]1C2)CC(C)(C)C. The van der Waals surface area contributed by atoms with Crippen LogP contribution < -0.4 is 10.6 Å². The van der Waals surface area contributed by atoms with E-state index in [1.807, 2.05) is 37.0 Å². The summed E-state index contributed by atoms with van der Waals surface area (Å²) in [6.07, 6.45) is 0.295. The van der Waals surface area contributed by atoms with Crippen molar-refractivity contribution in [1.82, 2.24) is 9.80 Å². The van der Waals surface area contributed by atoms with Gasteiger partial charge in [0.25, 0.3) is 5.91 Å². The Morgan fingerprint density at radius 3 is 2.22 bits per heavy atom. The molecule has 0 unspecified atom stereocenters. The van der Waals surface area contributed by atoms with Gasteiger partial charge in [0.1, 0.15) is 22.8 Å². The third-order valence-corrected chi connectivity index (χ3v) is 8.44. The highest BCUT2D eigenvalue weighted by Gasteiger charge is 2.63. The number of fused-ring (bicyclic) bond motifs is 3. The average molecular weight is 571 g/mol. The van der Waals surface area contributed by atoms with E-state index in [-0.39, 0.29) is 35.1 Å². The second kappa shape index (κ2) is 10.1. The van der Waals surface area contributed by atoms with E-state index >= 15 is 0 Å². The van der Waals surface area contributed by atoms with Gasteiger partial charge >= 0.3 is 0 Å². The van der Waals surface area contributed by atoms with E-state index in [0.29, 0.717) is 17.7 Å². The first-order valence-corrected chi connectivity index (χ1v) is 13.7. The molecule has 3 aliphatic rings. The molecule has 0 saturated carbocycles. The summed E-state index contributed by atoms with van der Waals surface area (Å²) in [5.41, 5.74) is 3.67. The number of anilines is 1. The Hall–Kier alpha value is -3.41. The number of aliphatic hydroxyl groups is 3. The fourth-order valence-electron chi connectivity index (χ4n) is 7.03. The number of allylic oxidation sites excluding steroid dienone is 1. The zero-order chi connectivity index (χ0) is 30.9. The Kier molecular flexibility index (Phi) is 7.56. The summed E-state index contributed by atoms with van der Waals surface area (Å²) in [6, 6.07) is 0.845. The number of nitrogens with zero attached hydrogens (tertiary/aromatic N) is 3. The van der Waals surface area contributed by atoms with Crippen LogP contribution in [0.3, 0.4) is 0 Å².